The summed E-state index contributed by atoms with van der Waals surface area (Å²) >= 11 is 0. The lowest BCUT2D eigenvalue weighted by atomic mass is 9.98. The quantitative estimate of drug-likeness (QED) is 0.627. The molecule has 0 aromatic heterocycles. The molecule has 2 N–H and O–H groups in total. The van der Waals surface area contributed by atoms with Crippen LogP contribution >= 0.6 is 0 Å². The highest BCUT2D eigenvalue weighted by atomic mass is 16.5. The van der Waals surface area contributed by atoms with Gasteiger partial charge in [-0.3, -0.25) is 5.32 Å². The molecule has 0 heterocycles. The van der Waals surface area contributed by atoms with Crippen LogP contribution in [0.25, 0.3) is 17.2 Å². The van der Waals surface area contributed by atoms with Crippen LogP contribution in [-0.2, 0) is 9.53 Å². The van der Waals surface area contributed by atoms with Crippen LogP contribution < -0.4 is 5.32 Å². The Morgan fingerprint density at radius 2 is 1.41 bits per heavy atom. The topological polar surface area (TPSA) is 75.6 Å². The second-order valence-corrected chi connectivity index (χ2v) is 6.72. The van der Waals surface area contributed by atoms with Crippen molar-refractivity contribution < 1.29 is 19.4 Å². The number of carboxylic acid groups (broad SMARTS) is 1. The van der Waals surface area contributed by atoms with Gasteiger partial charge in [0.25, 0.3) is 0 Å². The van der Waals surface area contributed by atoms with Gasteiger partial charge in [0, 0.05) is 5.92 Å². The number of alkyl carbamates (subject to hydrolysis) is 1. The lowest BCUT2D eigenvalue weighted by Gasteiger charge is -2.14. The predicted octanol–water partition coefficient (Wildman–Crippen LogP) is 4.65. The molecule has 5 nitrogen and oxygen atoms in total. The maximum atomic E-state index is 12.3. The van der Waals surface area contributed by atoms with Crippen LogP contribution in [0.2, 0.25) is 0 Å². The van der Waals surface area contributed by atoms with Crippen LogP contribution in [0.3, 0.4) is 0 Å². The van der Waals surface area contributed by atoms with Crippen molar-refractivity contribution in [3.8, 4) is 11.1 Å². The van der Waals surface area contributed by atoms with E-state index < -0.39 is 12.1 Å². The summed E-state index contributed by atoms with van der Waals surface area (Å²) in [5.74, 6) is -1.32. The van der Waals surface area contributed by atoms with E-state index in [-0.39, 0.29) is 18.2 Å². The van der Waals surface area contributed by atoms with E-state index in [0.717, 1.165) is 22.3 Å². The number of nitrogens with one attached hydrogen (secondary N) is 1. The highest BCUT2D eigenvalue weighted by molar-refractivity contribution is 5.95. The number of hydrogen-bond donors (Lipinski definition) is 2. The van der Waals surface area contributed by atoms with Gasteiger partial charge in [-0.25, -0.2) is 9.59 Å². The third kappa shape index (κ3) is 3.89. The molecule has 0 unspecified atom stereocenters. The van der Waals surface area contributed by atoms with Crippen molar-refractivity contribution in [2.45, 2.75) is 5.92 Å². The Hall–Kier alpha value is -3.86. The summed E-state index contributed by atoms with van der Waals surface area (Å²) in [6.45, 7) is 0.123. The molecule has 4 rings (SSSR count). The Morgan fingerprint density at radius 3 is 2.00 bits per heavy atom. The SMILES string of the molecule is O=C(NC(=Cc1ccccc1)C(=O)O)OCC1c2ccccc2-c2ccccc21. The van der Waals surface area contributed by atoms with Crippen molar-refractivity contribution >= 4 is 18.1 Å². The van der Waals surface area contributed by atoms with Crippen molar-refractivity contribution in [2.24, 2.45) is 0 Å². The lowest BCUT2D eigenvalue weighted by Crippen LogP contribution is -2.29. The molecule has 0 atom stereocenters. The van der Waals surface area contributed by atoms with Crippen LogP contribution in [0.5, 0.6) is 0 Å². The number of rotatable bonds is 5. The molecule has 144 valence electrons. The largest absolute Gasteiger partial charge is 0.477 e. The molecule has 3 aromatic carbocycles. The van der Waals surface area contributed by atoms with Gasteiger partial charge in [0.2, 0.25) is 0 Å². The molecule has 1 amide bonds. The summed E-state index contributed by atoms with van der Waals surface area (Å²) < 4.78 is 5.40. The number of ether oxygens (including phenoxy) is 1. The standard InChI is InChI=1S/C24H19NO4/c26-23(27)22(14-16-8-2-1-3-9-16)25-24(28)29-15-21-19-12-6-4-10-17(19)18-11-5-7-13-20(18)21/h1-14,21H,15H2,(H,25,28)(H,26,27). The van der Waals surface area contributed by atoms with Crippen molar-refractivity contribution in [1.29, 1.82) is 0 Å². The summed E-state index contributed by atoms with van der Waals surface area (Å²) in [5, 5.41) is 11.7. The van der Waals surface area contributed by atoms with Crippen LogP contribution in [-0.4, -0.2) is 23.8 Å². The second-order valence-electron chi connectivity index (χ2n) is 6.72. The molecule has 0 saturated carbocycles. The van der Waals surface area contributed by atoms with Crippen LogP contribution in [0.4, 0.5) is 4.79 Å². The molecule has 0 aliphatic heterocycles. The summed E-state index contributed by atoms with van der Waals surface area (Å²) in [6.07, 6.45) is 0.598. The van der Waals surface area contributed by atoms with Gasteiger partial charge in [-0.15, -0.1) is 0 Å². The average molecular weight is 385 g/mol. The van der Waals surface area contributed by atoms with E-state index in [0.29, 0.717) is 5.56 Å². The van der Waals surface area contributed by atoms with E-state index in [1.54, 1.807) is 24.3 Å². The number of amides is 1. The van der Waals surface area contributed by atoms with Gasteiger partial charge in [0.1, 0.15) is 12.3 Å². The van der Waals surface area contributed by atoms with Gasteiger partial charge in [-0.1, -0.05) is 78.9 Å². The minimum Gasteiger partial charge on any atom is -0.477 e. The lowest BCUT2D eigenvalue weighted by molar-refractivity contribution is -0.132. The van der Waals surface area contributed by atoms with Gasteiger partial charge >= 0.3 is 12.1 Å². The fourth-order valence-corrected chi connectivity index (χ4v) is 3.61. The first-order chi connectivity index (χ1) is 14.1. The van der Waals surface area contributed by atoms with E-state index >= 15 is 0 Å². The van der Waals surface area contributed by atoms with Crippen LogP contribution in [0.1, 0.15) is 22.6 Å². The van der Waals surface area contributed by atoms with E-state index in [1.807, 2.05) is 42.5 Å². The van der Waals surface area contributed by atoms with Gasteiger partial charge in [0.05, 0.1) is 0 Å². The van der Waals surface area contributed by atoms with Gasteiger partial charge in [-0.05, 0) is 33.9 Å². The van der Waals surface area contributed by atoms with Gasteiger partial charge in [0.15, 0.2) is 0 Å². The van der Waals surface area contributed by atoms with Crippen molar-refractivity contribution in [3.05, 3.63) is 101 Å². The first kappa shape index (κ1) is 18.5. The number of hydrogen-bond acceptors (Lipinski definition) is 3. The molecule has 0 bridgehead atoms. The molecular formula is C24H19NO4. The first-order valence-corrected chi connectivity index (χ1v) is 9.25. The van der Waals surface area contributed by atoms with E-state index in [1.165, 1.54) is 6.08 Å². The molecule has 29 heavy (non-hydrogen) atoms. The normalized spacial score (nSPS) is 12.8. The molecule has 1 aliphatic rings. The molecular weight excluding hydrogens is 366 g/mol. The number of carbonyl (C=O) groups is 2. The third-order valence-electron chi connectivity index (χ3n) is 4.92. The molecule has 0 radical (unpaired) electrons. The highest BCUT2D eigenvalue weighted by Gasteiger charge is 2.29. The third-order valence-corrected chi connectivity index (χ3v) is 4.92. The van der Waals surface area contributed by atoms with E-state index in [4.69, 9.17) is 4.74 Å². The molecule has 0 fully saturated rings. The smallest absolute Gasteiger partial charge is 0.411 e. The Bertz CT molecular complexity index is 1040. The van der Waals surface area contributed by atoms with Gasteiger partial charge < -0.3 is 9.84 Å². The Balaban J connectivity index is 1.48. The summed E-state index contributed by atoms with van der Waals surface area (Å²) in [6, 6.07) is 25.0. The van der Waals surface area contributed by atoms with Crippen molar-refractivity contribution in [1.82, 2.24) is 5.32 Å². The zero-order chi connectivity index (χ0) is 20.2. The number of aliphatic carboxylic acids is 1. The molecule has 0 saturated heterocycles. The summed E-state index contributed by atoms with van der Waals surface area (Å²) in [7, 11) is 0. The second kappa shape index (κ2) is 8.02. The summed E-state index contributed by atoms with van der Waals surface area (Å²) in [5.41, 5.74) is 4.89. The Kier molecular flexibility index (Phi) is 5.12. The number of benzene rings is 3. The number of fused-ring (bicyclic) bond motifs is 3. The molecule has 5 heteroatoms. The monoisotopic (exact) mass is 385 g/mol. The first-order valence-electron chi connectivity index (χ1n) is 9.25. The zero-order valence-electron chi connectivity index (χ0n) is 15.5. The Labute approximate surface area is 168 Å². The fraction of sp³-hybridized carbons (Fsp3) is 0.0833. The highest BCUT2D eigenvalue weighted by Crippen LogP contribution is 2.44. The average Bonchev–Trinajstić information content (AvgIpc) is 3.06. The summed E-state index contributed by atoms with van der Waals surface area (Å²) in [4.78, 5) is 23.8. The molecule has 3 aromatic rings. The van der Waals surface area contributed by atoms with Crippen molar-refractivity contribution in [2.75, 3.05) is 6.61 Å². The predicted molar refractivity (Wildman–Crippen MR) is 110 cm³/mol. The van der Waals surface area contributed by atoms with Crippen molar-refractivity contribution in [3.63, 3.8) is 0 Å². The minimum atomic E-state index is -1.23. The molecule has 0 spiro atoms. The maximum Gasteiger partial charge on any atom is 0.411 e. The maximum absolute atomic E-state index is 12.3. The zero-order valence-corrected chi connectivity index (χ0v) is 15.5. The number of carboxylic acids is 1. The van der Waals surface area contributed by atoms with Crippen LogP contribution in [0.15, 0.2) is 84.6 Å². The Morgan fingerprint density at radius 1 is 0.862 bits per heavy atom. The van der Waals surface area contributed by atoms with E-state index in [2.05, 4.69) is 17.4 Å². The molecule has 1 aliphatic carbocycles. The minimum absolute atomic E-state index is 0.0838. The van der Waals surface area contributed by atoms with Gasteiger partial charge in [-0.2, -0.15) is 0 Å². The van der Waals surface area contributed by atoms with Crippen LogP contribution in [0, 0.1) is 0 Å². The van der Waals surface area contributed by atoms with E-state index in [9.17, 15) is 14.7 Å². The fourth-order valence-electron chi connectivity index (χ4n) is 3.61. The number of carbonyl (C=O) groups excluding carboxylic acids is 1.